The number of aryl methyl sites for hydroxylation is 2. The van der Waals surface area contributed by atoms with Crippen LogP contribution in [0.2, 0.25) is 5.02 Å². The molecule has 2 nitrogen and oxygen atoms in total. The van der Waals surface area contributed by atoms with E-state index in [4.69, 9.17) is 11.6 Å². The van der Waals surface area contributed by atoms with Crippen LogP contribution in [0.3, 0.4) is 0 Å². The molecule has 4 heteroatoms. The fraction of sp³-hybridized carbons (Fsp3) is 0.316. The fourth-order valence-electron chi connectivity index (χ4n) is 2.49. The van der Waals surface area contributed by atoms with Crippen molar-refractivity contribution in [2.24, 2.45) is 0 Å². The molecule has 0 aliphatic carbocycles. The average Bonchev–Trinajstić information content (AvgIpc) is 2.49. The Morgan fingerprint density at radius 1 is 1.09 bits per heavy atom. The Labute approximate surface area is 147 Å². The Morgan fingerprint density at radius 3 is 2.35 bits per heavy atom. The number of amides is 1. The van der Waals surface area contributed by atoms with Crippen molar-refractivity contribution in [3.8, 4) is 0 Å². The molecule has 2 aromatic rings. The van der Waals surface area contributed by atoms with Gasteiger partial charge in [-0.1, -0.05) is 35.4 Å². The molecule has 0 radical (unpaired) electrons. The molecule has 1 amide bonds. The van der Waals surface area contributed by atoms with E-state index in [0.29, 0.717) is 5.02 Å². The van der Waals surface area contributed by atoms with E-state index in [-0.39, 0.29) is 17.2 Å². The third-order valence-corrected chi connectivity index (χ3v) is 5.11. The molecule has 2 rings (SSSR count). The van der Waals surface area contributed by atoms with E-state index in [1.54, 1.807) is 0 Å². The van der Waals surface area contributed by atoms with Crippen molar-refractivity contribution in [1.29, 1.82) is 0 Å². The standard InChI is InChI=1S/C19H22ClNOS/c1-12-5-10-18(13(2)11-12)14(3)21-19(22)15(4)23-17-8-6-16(20)7-9-17/h5-11,14-15H,1-4H3,(H,21,22)/t14-,15+/m1/s1. The van der Waals surface area contributed by atoms with Crippen LogP contribution in [0.4, 0.5) is 0 Å². The number of carbonyl (C=O) groups excluding carboxylic acids is 1. The number of nitrogens with one attached hydrogen (secondary N) is 1. The Bertz CT molecular complexity index is 684. The van der Waals surface area contributed by atoms with E-state index in [2.05, 4.69) is 37.4 Å². The van der Waals surface area contributed by atoms with Gasteiger partial charge in [0.2, 0.25) is 5.91 Å². The van der Waals surface area contributed by atoms with Gasteiger partial charge in [0, 0.05) is 9.92 Å². The van der Waals surface area contributed by atoms with Crippen molar-refractivity contribution in [3.05, 3.63) is 64.2 Å². The molecule has 0 bridgehead atoms. The zero-order valence-electron chi connectivity index (χ0n) is 13.9. The first-order valence-electron chi connectivity index (χ1n) is 7.66. The Kier molecular flexibility index (Phi) is 6.14. The molecule has 2 aromatic carbocycles. The summed E-state index contributed by atoms with van der Waals surface area (Å²) in [5.41, 5.74) is 3.60. The van der Waals surface area contributed by atoms with E-state index < -0.39 is 0 Å². The van der Waals surface area contributed by atoms with Crippen LogP contribution in [0.15, 0.2) is 47.4 Å². The monoisotopic (exact) mass is 347 g/mol. The topological polar surface area (TPSA) is 29.1 Å². The second-order valence-electron chi connectivity index (χ2n) is 5.80. The molecule has 0 saturated carbocycles. The van der Waals surface area contributed by atoms with E-state index in [0.717, 1.165) is 10.5 Å². The summed E-state index contributed by atoms with van der Waals surface area (Å²) in [5.74, 6) is 0.0393. The molecule has 0 aliphatic heterocycles. The van der Waals surface area contributed by atoms with Gasteiger partial charge < -0.3 is 5.32 Å². The SMILES string of the molecule is Cc1ccc([C@@H](C)NC(=O)[C@H](C)Sc2ccc(Cl)cc2)c(C)c1. The average molecular weight is 348 g/mol. The summed E-state index contributed by atoms with van der Waals surface area (Å²) in [6.07, 6.45) is 0. The van der Waals surface area contributed by atoms with Gasteiger partial charge in [0.25, 0.3) is 0 Å². The van der Waals surface area contributed by atoms with E-state index in [9.17, 15) is 4.79 Å². The number of rotatable bonds is 5. The summed E-state index contributed by atoms with van der Waals surface area (Å²) in [5, 5.41) is 3.64. The lowest BCUT2D eigenvalue weighted by Crippen LogP contribution is -2.33. The maximum absolute atomic E-state index is 12.4. The highest BCUT2D eigenvalue weighted by molar-refractivity contribution is 8.00. The number of carbonyl (C=O) groups is 1. The minimum atomic E-state index is -0.163. The van der Waals surface area contributed by atoms with Crippen LogP contribution in [0.5, 0.6) is 0 Å². The summed E-state index contributed by atoms with van der Waals surface area (Å²) < 4.78 is 0. The largest absolute Gasteiger partial charge is 0.349 e. The molecule has 0 unspecified atom stereocenters. The minimum absolute atomic E-state index is 0.00336. The first kappa shape index (κ1) is 17.9. The van der Waals surface area contributed by atoms with Crippen LogP contribution in [-0.2, 0) is 4.79 Å². The summed E-state index contributed by atoms with van der Waals surface area (Å²) in [6.45, 7) is 8.10. The fourth-order valence-corrected chi connectivity index (χ4v) is 3.49. The lowest BCUT2D eigenvalue weighted by molar-refractivity contribution is -0.120. The van der Waals surface area contributed by atoms with Crippen LogP contribution in [0, 0.1) is 13.8 Å². The van der Waals surface area contributed by atoms with Crippen molar-refractivity contribution < 1.29 is 4.79 Å². The van der Waals surface area contributed by atoms with Gasteiger partial charge in [0.05, 0.1) is 11.3 Å². The smallest absolute Gasteiger partial charge is 0.233 e. The van der Waals surface area contributed by atoms with Crippen LogP contribution < -0.4 is 5.32 Å². The van der Waals surface area contributed by atoms with Gasteiger partial charge >= 0.3 is 0 Å². The van der Waals surface area contributed by atoms with E-state index in [1.165, 1.54) is 22.9 Å². The molecule has 0 saturated heterocycles. The number of thioether (sulfide) groups is 1. The number of benzene rings is 2. The summed E-state index contributed by atoms with van der Waals surface area (Å²) in [6, 6.07) is 13.9. The normalized spacial score (nSPS) is 13.4. The molecule has 23 heavy (non-hydrogen) atoms. The van der Waals surface area contributed by atoms with Gasteiger partial charge in [-0.05, 0) is 63.1 Å². The molecule has 0 heterocycles. The highest BCUT2D eigenvalue weighted by Gasteiger charge is 2.18. The molecular formula is C19H22ClNOS. The summed E-state index contributed by atoms with van der Waals surface area (Å²) in [7, 11) is 0. The quantitative estimate of drug-likeness (QED) is 0.742. The van der Waals surface area contributed by atoms with Crippen molar-refractivity contribution in [3.63, 3.8) is 0 Å². The van der Waals surface area contributed by atoms with E-state index in [1.807, 2.05) is 38.1 Å². The van der Waals surface area contributed by atoms with Crippen molar-refractivity contribution in [2.75, 3.05) is 0 Å². The number of hydrogen-bond acceptors (Lipinski definition) is 2. The molecule has 0 spiro atoms. The maximum atomic E-state index is 12.4. The minimum Gasteiger partial charge on any atom is -0.349 e. The summed E-state index contributed by atoms with van der Waals surface area (Å²) in [4.78, 5) is 13.5. The van der Waals surface area contributed by atoms with Crippen LogP contribution in [0.1, 0.15) is 36.6 Å². The molecule has 1 N–H and O–H groups in total. The molecular weight excluding hydrogens is 326 g/mol. The molecule has 0 fully saturated rings. The first-order valence-corrected chi connectivity index (χ1v) is 8.92. The lowest BCUT2D eigenvalue weighted by atomic mass is 10.0. The van der Waals surface area contributed by atoms with Crippen molar-refractivity contribution >= 4 is 29.3 Å². The zero-order chi connectivity index (χ0) is 17.0. The molecule has 122 valence electrons. The lowest BCUT2D eigenvalue weighted by Gasteiger charge is -2.19. The Morgan fingerprint density at radius 2 is 1.74 bits per heavy atom. The highest BCUT2D eigenvalue weighted by Crippen LogP contribution is 2.26. The van der Waals surface area contributed by atoms with Gasteiger partial charge in [-0.2, -0.15) is 0 Å². The molecule has 2 atom stereocenters. The van der Waals surface area contributed by atoms with Gasteiger partial charge in [-0.25, -0.2) is 0 Å². The first-order chi connectivity index (χ1) is 10.9. The van der Waals surface area contributed by atoms with E-state index >= 15 is 0 Å². The molecule has 0 aromatic heterocycles. The predicted octanol–water partition coefficient (Wildman–Crippen LogP) is 5.31. The van der Waals surface area contributed by atoms with Crippen LogP contribution >= 0.6 is 23.4 Å². The highest BCUT2D eigenvalue weighted by atomic mass is 35.5. The Balaban J connectivity index is 1.98. The van der Waals surface area contributed by atoms with Crippen molar-refractivity contribution in [1.82, 2.24) is 5.32 Å². The molecule has 0 aliphatic rings. The van der Waals surface area contributed by atoms with Gasteiger partial charge in [0.1, 0.15) is 0 Å². The van der Waals surface area contributed by atoms with Crippen LogP contribution in [0.25, 0.3) is 0 Å². The second kappa shape index (κ2) is 7.89. The van der Waals surface area contributed by atoms with Gasteiger partial charge in [-0.3, -0.25) is 4.79 Å². The maximum Gasteiger partial charge on any atom is 0.233 e. The van der Waals surface area contributed by atoms with Gasteiger partial charge in [-0.15, -0.1) is 11.8 Å². The third-order valence-electron chi connectivity index (χ3n) is 3.75. The van der Waals surface area contributed by atoms with Crippen LogP contribution in [-0.4, -0.2) is 11.2 Å². The predicted molar refractivity (Wildman–Crippen MR) is 99.2 cm³/mol. The Hall–Kier alpha value is -1.45. The number of hydrogen-bond donors (Lipinski definition) is 1. The van der Waals surface area contributed by atoms with Crippen molar-refractivity contribution in [2.45, 2.75) is 43.9 Å². The number of halogens is 1. The summed E-state index contributed by atoms with van der Waals surface area (Å²) >= 11 is 7.42. The second-order valence-corrected chi connectivity index (χ2v) is 7.65. The van der Waals surface area contributed by atoms with Gasteiger partial charge in [0.15, 0.2) is 0 Å². The zero-order valence-corrected chi connectivity index (χ0v) is 15.5. The third kappa shape index (κ3) is 5.02.